The van der Waals surface area contributed by atoms with Crippen LogP contribution < -0.4 is 0 Å². The smallest absolute Gasteiger partial charge is 0.307 e. The summed E-state index contributed by atoms with van der Waals surface area (Å²) in [6.07, 6.45) is -0.422. The van der Waals surface area contributed by atoms with E-state index in [1.807, 2.05) is 0 Å². The molecular formula is C14H10F2O2. The molecule has 0 fully saturated rings. The maximum atomic E-state index is 14.1. The topological polar surface area (TPSA) is 37.3 Å². The molecule has 2 rings (SSSR count). The molecular weight excluding hydrogens is 238 g/mol. The normalized spacial score (nSPS) is 10.3. The summed E-state index contributed by atoms with van der Waals surface area (Å²) in [4.78, 5) is 10.6. The second-order valence-electron chi connectivity index (χ2n) is 3.83. The Labute approximate surface area is 103 Å². The third-order valence-electron chi connectivity index (χ3n) is 2.58. The highest BCUT2D eigenvalue weighted by molar-refractivity contribution is 5.72. The lowest BCUT2D eigenvalue weighted by Gasteiger charge is -2.08. The van der Waals surface area contributed by atoms with Crippen molar-refractivity contribution < 1.29 is 18.7 Å². The zero-order chi connectivity index (χ0) is 13.1. The van der Waals surface area contributed by atoms with Crippen LogP contribution in [0.1, 0.15) is 5.56 Å². The summed E-state index contributed by atoms with van der Waals surface area (Å²) in [6, 6.07) is 10.1. The van der Waals surface area contributed by atoms with Crippen LogP contribution in [0.2, 0.25) is 0 Å². The predicted molar refractivity (Wildman–Crippen MR) is 63.1 cm³/mol. The van der Waals surface area contributed by atoms with Gasteiger partial charge in [0.2, 0.25) is 0 Å². The van der Waals surface area contributed by atoms with Gasteiger partial charge in [0.25, 0.3) is 0 Å². The Bertz CT molecular complexity index is 594. The SMILES string of the molecule is O=C(O)Cc1cccc(-c2ccccc2F)c1F. The Morgan fingerprint density at radius 1 is 1.00 bits per heavy atom. The van der Waals surface area contributed by atoms with Crippen LogP contribution in [0.15, 0.2) is 42.5 Å². The molecule has 0 radical (unpaired) electrons. The van der Waals surface area contributed by atoms with Gasteiger partial charge >= 0.3 is 5.97 Å². The van der Waals surface area contributed by atoms with Crippen LogP contribution in [0.25, 0.3) is 11.1 Å². The van der Waals surface area contributed by atoms with Gasteiger partial charge in [-0.2, -0.15) is 0 Å². The average Bonchev–Trinajstić information content (AvgIpc) is 2.32. The number of aliphatic carboxylic acids is 1. The maximum absolute atomic E-state index is 14.1. The van der Waals surface area contributed by atoms with Crippen molar-refractivity contribution >= 4 is 5.97 Å². The van der Waals surface area contributed by atoms with Crippen LogP contribution in [0.5, 0.6) is 0 Å². The molecule has 0 amide bonds. The number of carboxylic acid groups (broad SMARTS) is 1. The van der Waals surface area contributed by atoms with Crippen molar-refractivity contribution in [1.82, 2.24) is 0 Å². The van der Waals surface area contributed by atoms with E-state index in [4.69, 9.17) is 5.11 Å². The fourth-order valence-electron chi connectivity index (χ4n) is 1.77. The number of rotatable bonds is 3. The molecule has 0 atom stereocenters. The predicted octanol–water partition coefficient (Wildman–Crippen LogP) is 3.26. The first-order valence-electron chi connectivity index (χ1n) is 5.33. The number of halogens is 2. The Kier molecular flexibility index (Phi) is 3.37. The summed E-state index contributed by atoms with van der Waals surface area (Å²) in [7, 11) is 0. The van der Waals surface area contributed by atoms with E-state index in [2.05, 4.69) is 0 Å². The van der Waals surface area contributed by atoms with Crippen molar-refractivity contribution in [2.24, 2.45) is 0 Å². The Morgan fingerprint density at radius 3 is 2.33 bits per heavy atom. The van der Waals surface area contributed by atoms with Crippen molar-refractivity contribution in [3.8, 4) is 11.1 Å². The van der Waals surface area contributed by atoms with Gasteiger partial charge in [-0.15, -0.1) is 0 Å². The zero-order valence-electron chi connectivity index (χ0n) is 9.36. The van der Waals surface area contributed by atoms with Crippen LogP contribution in [-0.2, 0) is 11.2 Å². The van der Waals surface area contributed by atoms with E-state index in [1.165, 1.54) is 36.4 Å². The maximum Gasteiger partial charge on any atom is 0.307 e. The van der Waals surface area contributed by atoms with Crippen LogP contribution in [0, 0.1) is 11.6 Å². The summed E-state index contributed by atoms with van der Waals surface area (Å²) in [5, 5.41) is 8.67. The Morgan fingerprint density at radius 2 is 1.67 bits per heavy atom. The minimum atomic E-state index is -1.13. The van der Waals surface area contributed by atoms with E-state index in [0.717, 1.165) is 0 Å². The zero-order valence-corrected chi connectivity index (χ0v) is 9.36. The summed E-state index contributed by atoms with van der Waals surface area (Å²) in [5.41, 5.74) is 0.248. The molecule has 0 spiro atoms. The van der Waals surface area contributed by atoms with E-state index >= 15 is 0 Å². The summed E-state index contributed by atoms with van der Waals surface area (Å²) >= 11 is 0. The van der Waals surface area contributed by atoms with Crippen LogP contribution in [0.4, 0.5) is 8.78 Å². The first-order valence-corrected chi connectivity index (χ1v) is 5.33. The lowest BCUT2D eigenvalue weighted by molar-refractivity contribution is -0.136. The van der Waals surface area contributed by atoms with Crippen molar-refractivity contribution in [2.75, 3.05) is 0 Å². The van der Waals surface area contributed by atoms with Gasteiger partial charge in [-0.3, -0.25) is 4.79 Å². The molecule has 2 nitrogen and oxygen atoms in total. The quantitative estimate of drug-likeness (QED) is 0.905. The molecule has 0 heterocycles. The van der Waals surface area contributed by atoms with Gasteiger partial charge in [-0.05, 0) is 11.6 Å². The number of hydrogen-bond donors (Lipinski definition) is 1. The van der Waals surface area contributed by atoms with Gasteiger partial charge in [0.05, 0.1) is 6.42 Å². The highest BCUT2D eigenvalue weighted by Gasteiger charge is 2.14. The number of benzene rings is 2. The average molecular weight is 248 g/mol. The van der Waals surface area contributed by atoms with Crippen LogP contribution in [0.3, 0.4) is 0 Å². The van der Waals surface area contributed by atoms with E-state index in [0.29, 0.717) is 0 Å². The molecule has 0 aliphatic rings. The molecule has 2 aromatic carbocycles. The summed E-state index contributed by atoms with van der Waals surface area (Å²) in [6.45, 7) is 0. The summed E-state index contributed by atoms with van der Waals surface area (Å²) in [5.74, 6) is -2.35. The van der Waals surface area contributed by atoms with E-state index in [-0.39, 0.29) is 16.7 Å². The van der Waals surface area contributed by atoms with Gasteiger partial charge in [-0.25, -0.2) is 8.78 Å². The molecule has 0 aliphatic heterocycles. The van der Waals surface area contributed by atoms with Gasteiger partial charge in [0.15, 0.2) is 0 Å². The molecule has 2 aromatic rings. The third kappa shape index (κ3) is 2.37. The van der Waals surface area contributed by atoms with Crippen LogP contribution >= 0.6 is 0 Å². The van der Waals surface area contributed by atoms with Crippen molar-refractivity contribution in [2.45, 2.75) is 6.42 Å². The molecule has 4 heteroatoms. The molecule has 1 N–H and O–H groups in total. The van der Waals surface area contributed by atoms with E-state index in [1.54, 1.807) is 6.07 Å². The Balaban J connectivity index is 2.53. The molecule has 0 bridgehead atoms. The highest BCUT2D eigenvalue weighted by Crippen LogP contribution is 2.27. The molecule has 0 saturated carbocycles. The first-order chi connectivity index (χ1) is 8.59. The lowest BCUT2D eigenvalue weighted by Crippen LogP contribution is -2.03. The minimum absolute atomic E-state index is 0.0447. The Hall–Kier alpha value is -2.23. The number of carbonyl (C=O) groups is 1. The minimum Gasteiger partial charge on any atom is -0.481 e. The second-order valence-corrected chi connectivity index (χ2v) is 3.83. The number of carboxylic acids is 1. The largest absolute Gasteiger partial charge is 0.481 e. The molecule has 0 aliphatic carbocycles. The van der Waals surface area contributed by atoms with Crippen molar-refractivity contribution in [3.05, 3.63) is 59.7 Å². The fraction of sp³-hybridized carbons (Fsp3) is 0.0714. The van der Waals surface area contributed by atoms with Crippen molar-refractivity contribution in [3.63, 3.8) is 0 Å². The standard InChI is InChI=1S/C14H10F2O2/c15-12-7-2-1-5-10(12)11-6-3-4-9(14(11)16)8-13(17)18/h1-7H,8H2,(H,17,18). The third-order valence-corrected chi connectivity index (χ3v) is 2.58. The summed E-state index contributed by atoms with van der Waals surface area (Å²) < 4.78 is 27.6. The molecule has 0 aromatic heterocycles. The lowest BCUT2D eigenvalue weighted by atomic mass is 10.0. The van der Waals surface area contributed by atoms with Crippen molar-refractivity contribution in [1.29, 1.82) is 0 Å². The highest BCUT2D eigenvalue weighted by atomic mass is 19.1. The second kappa shape index (κ2) is 4.96. The monoisotopic (exact) mass is 248 g/mol. The van der Waals surface area contributed by atoms with Gasteiger partial charge in [0, 0.05) is 11.1 Å². The molecule has 18 heavy (non-hydrogen) atoms. The van der Waals surface area contributed by atoms with E-state index in [9.17, 15) is 13.6 Å². The van der Waals surface area contributed by atoms with Gasteiger partial charge < -0.3 is 5.11 Å². The van der Waals surface area contributed by atoms with Gasteiger partial charge in [-0.1, -0.05) is 36.4 Å². The number of hydrogen-bond acceptors (Lipinski definition) is 1. The molecule has 92 valence electrons. The fourth-order valence-corrected chi connectivity index (χ4v) is 1.77. The van der Waals surface area contributed by atoms with Gasteiger partial charge in [0.1, 0.15) is 11.6 Å². The molecule has 0 saturated heterocycles. The first kappa shape index (κ1) is 12.2. The van der Waals surface area contributed by atoms with E-state index < -0.39 is 24.0 Å². The molecule has 0 unspecified atom stereocenters. The van der Waals surface area contributed by atoms with Crippen LogP contribution in [-0.4, -0.2) is 11.1 Å².